The molecule has 2 rings (SSSR count). The number of rotatable bonds is 5. The van der Waals surface area contributed by atoms with Gasteiger partial charge in [-0.3, -0.25) is 0 Å². The molecule has 0 amide bonds. The molecule has 0 atom stereocenters. The third kappa shape index (κ3) is 3.91. The maximum atomic E-state index is 9.06. The van der Waals surface area contributed by atoms with Gasteiger partial charge in [0, 0.05) is 13.1 Å². The van der Waals surface area contributed by atoms with Gasteiger partial charge in [0.15, 0.2) is 0 Å². The van der Waals surface area contributed by atoms with Gasteiger partial charge in [0.2, 0.25) is 0 Å². The Hall–Kier alpha value is -1.23. The summed E-state index contributed by atoms with van der Waals surface area (Å²) >= 11 is 3.35. The lowest BCUT2D eigenvalue weighted by Crippen LogP contribution is -2.13. The van der Waals surface area contributed by atoms with Crippen LogP contribution >= 0.6 is 15.9 Å². The summed E-state index contributed by atoms with van der Waals surface area (Å²) in [5.41, 5.74) is 3.11. The molecule has 18 heavy (non-hydrogen) atoms. The van der Waals surface area contributed by atoms with Crippen LogP contribution in [0.25, 0.3) is 0 Å². The summed E-state index contributed by atoms with van der Waals surface area (Å²) in [5.74, 6) is 0. The monoisotopic (exact) mass is 306 g/mol. The molecular weight excluding hydrogens is 292 g/mol. The van der Waals surface area contributed by atoms with Crippen LogP contribution in [-0.4, -0.2) is 10.1 Å². The van der Waals surface area contributed by atoms with Gasteiger partial charge in [-0.25, -0.2) is 4.98 Å². The molecule has 1 aromatic heterocycles. The van der Waals surface area contributed by atoms with Gasteiger partial charge in [0.25, 0.3) is 0 Å². The van der Waals surface area contributed by atoms with E-state index in [2.05, 4.69) is 26.2 Å². The van der Waals surface area contributed by atoms with Crippen LogP contribution in [-0.2, 0) is 19.7 Å². The van der Waals surface area contributed by atoms with Crippen molar-refractivity contribution in [1.82, 2.24) is 10.3 Å². The topological polar surface area (TPSA) is 45.1 Å². The Morgan fingerprint density at radius 1 is 1.06 bits per heavy atom. The van der Waals surface area contributed by atoms with E-state index in [4.69, 9.17) is 5.11 Å². The predicted octanol–water partition coefficient (Wildman–Crippen LogP) is 2.63. The lowest BCUT2D eigenvalue weighted by atomic mass is 10.1. The van der Waals surface area contributed by atoms with Crippen molar-refractivity contribution in [3.63, 3.8) is 0 Å². The van der Waals surface area contributed by atoms with Crippen molar-refractivity contribution < 1.29 is 5.11 Å². The second kappa shape index (κ2) is 6.64. The largest absolute Gasteiger partial charge is 0.392 e. The molecule has 0 unspecified atom stereocenters. The molecule has 0 aliphatic rings. The first-order chi connectivity index (χ1) is 8.78. The lowest BCUT2D eigenvalue weighted by Gasteiger charge is -2.06. The van der Waals surface area contributed by atoms with Crippen LogP contribution in [0.3, 0.4) is 0 Å². The Labute approximate surface area is 115 Å². The van der Waals surface area contributed by atoms with Gasteiger partial charge in [-0.1, -0.05) is 30.3 Å². The minimum Gasteiger partial charge on any atom is -0.392 e. The van der Waals surface area contributed by atoms with E-state index >= 15 is 0 Å². The minimum absolute atomic E-state index is 0.0844. The zero-order valence-corrected chi connectivity index (χ0v) is 11.5. The smallest absolute Gasteiger partial charge is 0.106 e. The number of nitrogens with one attached hydrogen (secondary N) is 1. The van der Waals surface area contributed by atoms with Crippen molar-refractivity contribution in [3.05, 3.63) is 63.9 Å². The van der Waals surface area contributed by atoms with E-state index in [-0.39, 0.29) is 6.61 Å². The van der Waals surface area contributed by atoms with E-state index < -0.39 is 0 Å². The fourth-order valence-electron chi connectivity index (χ4n) is 1.72. The van der Waals surface area contributed by atoms with Gasteiger partial charge in [-0.2, -0.15) is 0 Å². The molecular formula is C14H15BrN2O. The van der Waals surface area contributed by atoms with Gasteiger partial charge in [0.1, 0.15) is 4.60 Å². The minimum atomic E-state index is 0.0844. The van der Waals surface area contributed by atoms with Crippen molar-refractivity contribution in [2.45, 2.75) is 19.7 Å². The van der Waals surface area contributed by atoms with Crippen LogP contribution in [0.1, 0.15) is 16.8 Å². The van der Waals surface area contributed by atoms with Crippen LogP contribution in [0.15, 0.2) is 47.1 Å². The second-order valence-electron chi connectivity index (χ2n) is 4.03. The molecule has 94 valence electrons. The third-order valence-electron chi connectivity index (χ3n) is 2.58. The average Bonchev–Trinajstić information content (AvgIpc) is 2.39. The Balaban J connectivity index is 1.88. The van der Waals surface area contributed by atoms with Crippen LogP contribution in [0.2, 0.25) is 0 Å². The van der Waals surface area contributed by atoms with E-state index in [9.17, 15) is 0 Å². The summed E-state index contributed by atoms with van der Waals surface area (Å²) in [6.07, 6.45) is 0. The number of aromatic nitrogens is 1. The average molecular weight is 307 g/mol. The zero-order valence-electron chi connectivity index (χ0n) is 9.94. The number of pyridine rings is 1. The van der Waals surface area contributed by atoms with Gasteiger partial charge in [0.05, 0.1) is 12.3 Å². The molecule has 0 aliphatic heterocycles. The summed E-state index contributed by atoms with van der Waals surface area (Å²) in [4.78, 5) is 4.35. The molecule has 0 spiro atoms. The van der Waals surface area contributed by atoms with Crippen molar-refractivity contribution in [2.24, 2.45) is 0 Å². The fraction of sp³-hybridized carbons (Fsp3) is 0.214. The number of aliphatic hydroxyl groups is 1. The number of hydrogen-bond donors (Lipinski definition) is 2. The molecule has 0 aliphatic carbocycles. The Bertz CT molecular complexity index is 517. The molecule has 1 aromatic carbocycles. The fourth-order valence-corrected chi connectivity index (χ4v) is 2.10. The van der Waals surface area contributed by atoms with Gasteiger partial charge in [-0.15, -0.1) is 0 Å². The maximum absolute atomic E-state index is 9.06. The number of hydrogen-bond acceptors (Lipinski definition) is 3. The molecule has 0 saturated carbocycles. The van der Waals surface area contributed by atoms with Gasteiger partial charge in [-0.05, 0) is 39.2 Å². The molecule has 0 radical (unpaired) electrons. The number of halogens is 1. The molecule has 3 nitrogen and oxygen atoms in total. The summed E-state index contributed by atoms with van der Waals surface area (Å²) in [6.45, 7) is 1.58. The SMILES string of the molecule is OCc1cccc(CNCc2cccc(Br)n2)c1. The molecule has 4 heteroatoms. The van der Waals surface area contributed by atoms with Gasteiger partial charge < -0.3 is 10.4 Å². The van der Waals surface area contributed by atoms with Crippen molar-refractivity contribution in [1.29, 1.82) is 0 Å². The van der Waals surface area contributed by atoms with Crippen molar-refractivity contribution >= 4 is 15.9 Å². The van der Waals surface area contributed by atoms with Crippen molar-refractivity contribution in [2.75, 3.05) is 0 Å². The number of nitrogens with zero attached hydrogens (tertiary/aromatic N) is 1. The van der Waals surface area contributed by atoms with Crippen LogP contribution in [0, 0.1) is 0 Å². The zero-order chi connectivity index (χ0) is 12.8. The third-order valence-corrected chi connectivity index (χ3v) is 3.02. The molecule has 0 saturated heterocycles. The summed E-state index contributed by atoms with van der Waals surface area (Å²) in [5, 5.41) is 12.4. The summed E-state index contributed by atoms with van der Waals surface area (Å²) in [6, 6.07) is 13.8. The van der Waals surface area contributed by atoms with Crippen LogP contribution in [0.4, 0.5) is 0 Å². The second-order valence-corrected chi connectivity index (χ2v) is 4.85. The molecule has 2 N–H and O–H groups in total. The standard InChI is InChI=1S/C14H15BrN2O/c15-14-6-2-5-13(17-14)9-16-8-11-3-1-4-12(7-11)10-18/h1-7,16,18H,8-10H2. The highest BCUT2D eigenvalue weighted by Crippen LogP contribution is 2.07. The van der Waals surface area contributed by atoms with Gasteiger partial charge >= 0.3 is 0 Å². The highest BCUT2D eigenvalue weighted by molar-refractivity contribution is 9.10. The summed E-state index contributed by atoms with van der Waals surface area (Å²) in [7, 11) is 0. The van der Waals surface area contributed by atoms with Crippen molar-refractivity contribution in [3.8, 4) is 0 Å². The quantitative estimate of drug-likeness (QED) is 0.835. The highest BCUT2D eigenvalue weighted by Gasteiger charge is 1.97. The van der Waals surface area contributed by atoms with E-state index in [1.54, 1.807) is 0 Å². The highest BCUT2D eigenvalue weighted by atomic mass is 79.9. The predicted molar refractivity (Wildman–Crippen MR) is 74.8 cm³/mol. The van der Waals surface area contributed by atoms with Crippen LogP contribution in [0.5, 0.6) is 0 Å². The number of benzene rings is 1. The van der Waals surface area contributed by atoms with E-state index in [1.165, 1.54) is 0 Å². The summed E-state index contributed by atoms with van der Waals surface area (Å²) < 4.78 is 0.851. The lowest BCUT2D eigenvalue weighted by molar-refractivity contribution is 0.281. The molecule has 0 fully saturated rings. The van der Waals surface area contributed by atoms with E-state index in [1.807, 2.05) is 42.5 Å². The van der Waals surface area contributed by atoms with Crippen LogP contribution < -0.4 is 5.32 Å². The first-order valence-corrected chi connectivity index (χ1v) is 6.58. The Morgan fingerprint density at radius 3 is 2.61 bits per heavy atom. The number of aliphatic hydroxyl groups excluding tert-OH is 1. The maximum Gasteiger partial charge on any atom is 0.106 e. The molecule has 0 bridgehead atoms. The molecule has 2 aromatic rings. The van der Waals surface area contributed by atoms with E-state index in [0.29, 0.717) is 0 Å². The normalized spacial score (nSPS) is 10.6. The Morgan fingerprint density at radius 2 is 1.83 bits per heavy atom. The first-order valence-electron chi connectivity index (χ1n) is 5.79. The first kappa shape index (κ1) is 13.2. The molecule has 1 heterocycles. The Kier molecular flexibility index (Phi) is 4.87. The van der Waals surface area contributed by atoms with E-state index in [0.717, 1.165) is 34.5 Å².